The number of esters is 1. The standard InChI is InChI=1S/C29H33N3O8/c33-25-23-11-4-5-12-24(23)26(34)32(25)13-14-39-28(36)30-18-20-7-6-8-21(17-20)19-31-29(37)40-16-15-38-27(35)22-9-2-1-3-10-22/h1-3,6-10,17,23-24H,4-5,11-16,18-19H2,(H,30,36)(H,31,37). The number of benzene rings is 2. The number of hydrogen-bond acceptors (Lipinski definition) is 8. The lowest BCUT2D eigenvalue weighted by Gasteiger charge is -2.19. The number of hydrogen-bond donors (Lipinski definition) is 2. The van der Waals surface area contributed by atoms with Gasteiger partial charge in [-0.25, -0.2) is 14.4 Å². The number of ether oxygens (including phenoxy) is 3. The molecule has 2 aliphatic rings. The summed E-state index contributed by atoms with van der Waals surface area (Å²) in [5.74, 6) is -1.24. The Labute approximate surface area is 232 Å². The first-order valence-corrected chi connectivity index (χ1v) is 13.4. The van der Waals surface area contributed by atoms with Crippen LogP contribution >= 0.6 is 0 Å². The number of fused-ring (bicyclic) bond motifs is 1. The summed E-state index contributed by atoms with van der Waals surface area (Å²) in [6, 6.07) is 15.7. The van der Waals surface area contributed by atoms with E-state index < -0.39 is 18.2 Å². The molecule has 1 aliphatic carbocycles. The molecule has 4 amide bonds. The van der Waals surface area contributed by atoms with Crippen LogP contribution in [-0.4, -0.2) is 61.2 Å². The molecule has 0 bridgehead atoms. The molecule has 40 heavy (non-hydrogen) atoms. The number of likely N-dealkylation sites (tertiary alicyclic amines) is 1. The average molecular weight is 552 g/mol. The van der Waals surface area contributed by atoms with Gasteiger partial charge in [0.05, 0.1) is 23.9 Å². The van der Waals surface area contributed by atoms with Gasteiger partial charge >= 0.3 is 18.2 Å². The topological polar surface area (TPSA) is 140 Å². The Kier molecular flexibility index (Phi) is 10.1. The van der Waals surface area contributed by atoms with E-state index in [1.54, 1.807) is 36.4 Å². The van der Waals surface area contributed by atoms with Gasteiger partial charge in [0.2, 0.25) is 11.8 Å². The van der Waals surface area contributed by atoms with Crippen molar-refractivity contribution in [2.45, 2.75) is 38.8 Å². The quantitative estimate of drug-likeness (QED) is 0.188. The number of amides is 4. The van der Waals surface area contributed by atoms with Crippen molar-refractivity contribution in [2.75, 3.05) is 26.4 Å². The van der Waals surface area contributed by atoms with E-state index in [9.17, 15) is 24.0 Å². The van der Waals surface area contributed by atoms with E-state index in [2.05, 4.69) is 10.6 Å². The van der Waals surface area contributed by atoms with Gasteiger partial charge in [-0.3, -0.25) is 14.5 Å². The second-order valence-electron chi connectivity index (χ2n) is 9.63. The summed E-state index contributed by atoms with van der Waals surface area (Å²) in [6.45, 7) is 0.226. The number of nitrogens with zero attached hydrogens (tertiary/aromatic N) is 1. The number of nitrogens with one attached hydrogen (secondary N) is 2. The summed E-state index contributed by atoms with van der Waals surface area (Å²) in [7, 11) is 0. The third kappa shape index (κ3) is 7.81. The highest BCUT2D eigenvalue weighted by Gasteiger charge is 2.47. The lowest BCUT2D eigenvalue weighted by molar-refractivity contribution is -0.140. The molecule has 1 saturated heterocycles. The van der Waals surface area contributed by atoms with E-state index in [-0.39, 0.29) is 63.1 Å². The van der Waals surface area contributed by atoms with E-state index in [4.69, 9.17) is 14.2 Å². The highest BCUT2D eigenvalue weighted by atomic mass is 16.6. The van der Waals surface area contributed by atoms with E-state index in [1.165, 1.54) is 4.90 Å². The molecule has 2 unspecified atom stereocenters. The van der Waals surface area contributed by atoms with Crippen molar-refractivity contribution >= 4 is 30.0 Å². The Morgan fingerprint density at radius 3 is 1.88 bits per heavy atom. The number of carbonyl (C=O) groups excluding carboxylic acids is 5. The first kappa shape index (κ1) is 28.6. The molecule has 2 aromatic rings. The predicted octanol–water partition coefficient (Wildman–Crippen LogP) is 3.17. The van der Waals surface area contributed by atoms with Crippen LogP contribution in [0.15, 0.2) is 54.6 Å². The van der Waals surface area contributed by atoms with Crippen LogP contribution in [0.2, 0.25) is 0 Å². The number of alkyl carbamates (subject to hydrolysis) is 2. The van der Waals surface area contributed by atoms with Gasteiger partial charge in [-0.05, 0) is 36.1 Å². The van der Waals surface area contributed by atoms with Crippen molar-refractivity contribution in [3.63, 3.8) is 0 Å². The zero-order valence-electron chi connectivity index (χ0n) is 22.1. The molecule has 2 aromatic carbocycles. The van der Waals surface area contributed by atoms with Crippen molar-refractivity contribution in [1.82, 2.24) is 15.5 Å². The predicted molar refractivity (Wildman–Crippen MR) is 142 cm³/mol. The van der Waals surface area contributed by atoms with Crippen LogP contribution in [0.3, 0.4) is 0 Å². The van der Waals surface area contributed by atoms with Gasteiger partial charge in [0.25, 0.3) is 0 Å². The molecule has 1 heterocycles. The summed E-state index contributed by atoms with van der Waals surface area (Å²) >= 11 is 0. The lowest BCUT2D eigenvalue weighted by atomic mass is 9.81. The Morgan fingerprint density at radius 1 is 0.725 bits per heavy atom. The van der Waals surface area contributed by atoms with E-state index >= 15 is 0 Å². The summed E-state index contributed by atoms with van der Waals surface area (Å²) < 4.78 is 15.3. The van der Waals surface area contributed by atoms with Crippen LogP contribution in [0, 0.1) is 11.8 Å². The van der Waals surface area contributed by atoms with Gasteiger partial charge in [-0.2, -0.15) is 0 Å². The highest BCUT2D eigenvalue weighted by Crippen LogP contribution is 2.37. The second-order valence-corrected chi connectivity index (χ2v) is 9.63. The third-order valence-electron chi connectivity index (χ3n) is 6.90. The van der Waals surface area contributed by atoms with Crippen LogP contribution in [0.1, 0.15) is 47.2 Å². The lowest BCUT2D eigenvalue weighted by Crippen LogP contribution is -2.35. The van der Waals surface area contributed by atoms with Gasteiger partial charge < -0.3 is 24.8 Å². The number of carbonyl (C=O) groups is 5. The molecular formula is C29H33N3O8. The summed E-state index contributed by atoms with van der Waals surface area (Å²) in [5.41, 5.74) is 1.99. The molecule has 0 aromatic heterocycles. The zero-order chi connectivity index (χ0) is 28.3. The molecule has 2 fully saturated rings. The van der Waals surface area contributed by atoms with Crippen molar-refractivity contribution < 1.29 is 38.2 Å². The highest BCUT2D eigenvalue weighted by molar-refractivity contribution is 6.05. The molecule has 11 nitrogen and oxygen atoms in total. The molecule has 212 valence electrons. The van der Waals surface area contributed by atoms with E-state index in [1.807, 2.05) is 18.2 Å². The Hall–Kier alpha value is -4.41. The summed E-state index contributed by atoms with van der Waals surface area (Å²) in [6.07, 6.45) is 2.10. The molecule has 2 N–H and O–H groups in total. The fraction of sp³-hybridized carbons (Fsp3) is 0.414. The fourth-order valence-corrected chi connectivity index (χ4v) is 4.91. The largest absolute Gasteiger partial charge is 0.458 e. The van der Waals surface area contributed by atoms with Gasteiger partial charge in [-0.15, -0.1) is 0 Å². The summed E-state index contributed by atoms with van der Waals surface area (Å²) in [5, 5.41) is 5.26. The minimum Gasteiger partial charge on any atom is -0.458 e. The van der Waals surface area contributed by atoms with Crippen LogP contribution < -0.4 is 10.6 Å². The molecular weight excluding hydrogens is 518 g/mol. The Bertz CT molecular complexity index is 1190. The van der Waals surface area contributed by atoms with Crippen LogP contribution in [0.25, 0.3) is 0 Å². The number of imide groups is 1. The van der Waals surface area contributed by atoms with Gasteiger partial charge in [-0.1, -0.05) is 55.3 Å². The van der Waals surface area contributed by atoms with Crippen molar-refractivity contribution in [3.8, 4) is 0 Å². The maximum atomic E-state index is 12.5. The van der Waals surface area contributed by atoms with E-state index in [0.29, 0.717) is 5.56 Å². The molecule has 0 radical (unpaired) electrons. The Balaban J connectivity index is 1.10. The third-order valence-corrected chi connectivity index (χ3v) is 6.90. The van der Waals surface area contributed by atoms with Crippen molar-refractivity contribution in [3.05, 3.63) is 71.3 Å². The second kappa shape index (κ2) is 14.1. The van der Waals surface area contributed by atoms with Gasteiger partial charge in [0.1, 0.15) is 19.8 Å². The molecule has 0 spiro atoms. The normalized spacial score (nSPS) is 18.1. The average Bonchev–Trinajstić information content (AvgIpc) is 3.22. The molecule has 1 saturated carbocycles. The maximum Gasteiger partial charge on any atom is 0.407 e. The molecule has 1 aliphatic heterocycles. The SMILES string of the molecule is O=C(NCc1cccc(CNC(=O)OCCN2C(=O)C3CCCCC3C2=O)c1)OCCOC(=O)c1ccccc1. The van der Waals surface area contributed by atoms with Crippen LogP contribution in [0.5, 0.6) is 0 Å². The maximum absolute atomic E-state index is 12.5. The van der Waals surface area contributed by atoms with Crippen LogP contribution in [-0.2, 0) is 36.9 Å². The zero-order valence-corrected chi connectivity index (χ0v) is 22.1. The minimum absolute atomic E-state index is 0.0603. The first-order valence-electron chi connectivity index (χ1n) is 13.4. The van der Waals surface area contributed by atoms with Gasteiger partial charge in [0, 0.05) is 13.1 Å². The minimum atomic E-state index is -0.656. The first-order chi connectivity index (χ1) is 19.4. The Morgan fingerprint density at radius 2 is 1.27 bits per heavy atom. The van der Waals surface area contributed by atoms with Crippen LogP contribution in [0.4, 0.5) is 9.59 Å². The fourth-order valence-electron chi connectivity index (χ4n) is 4.91. The smallest absolute Gasteiger partial charge is 0.407 e. The summed E-state index contributed by atoms with van der Waals surface area (Å²) in [4.78, 5) is 62.2. The molecule has 4 rings (SSSR count). The van der Waals surface area contributed by atoms with E-state index in [0.717, 1.165) is 36.8 Å². The monoisotopic (exact) mass is 551 g/mol. The number of rotatable bonds is 11. The van der Waals surface area contributed by atoms with Gasteiger partial charge in [0.15, 0.2) is 0 Å². The van der Waals surface area contributed by atoms with Crippen molar-refractivity contribution in [2.24, 2.45) is 11.8 Å². The molecule has 2 atom stereocenters. The van der Waals surface area contributed by atoms with Crippen molar-refractivity contribution in [1.29, 1.82) is 0 Å². The molecule has 11 heteroatoms.